The number of aromatic nitrogens is 5. The molecule has 7 nitrogen and oxygen atoms in total. The van der Waals surface area contributed by atoms with Gasteiger partial charge in [0, 0.05) is 58.4 Å². The first kappa shape index (κ1) is 41.0. The molecule has 0 saturated carbocycles. The van der Waals surface area contributed by atoms with Gasteiger partial charge in [-0.1, -0.05) is 106 Å². The van der Waals surface area contributed by atoms with Crippen LogP contribution < -0.4 is 40.9 Å². The van der Waals surface area contributed by atoms with Crippen LogP contribution in [0, 0.1) is 24.3 Å². The topological polar surface area (TPSA) is 75.0 Å². The first-order chi connectivity index (χ1) is 30.0. The summed E-state index contributed by atoms with van der Waals surface area (Å²) in [6.45, 7) is 4.71. The Labute approximate surface area is 395 Å². The van der Waals surface area contributed by atoms with Crippen LogP contribution in [0.3, 0.4) is 0 Å². The average molecular weight is 1210 g/mol. The molecule has 6 heterocycles. The maximum absolute atomic E-state index is 6.63. The second kappa shape index (κ2) is 15.9. The van der Waals surface area contributed by atoms with Gasteiger partial charge >= 0.3 is 42.1 Å². The van der Waals surface area contributed by atoms with Gasteiger partial charge in [-0.3, -0.25) is 9.97 Å². The summed E-state index contributed by atoms with van der Waals surface area (Å²) in [7, 11) is -4.89. The van der Waals surface area contributed by atoms with Gasteiger partial charge in [0.1, 0.15) is 16.1 Å². The number of hydrogen-bond acceptors (Lipinski definition) is 6. The fraction of sp³-hybridized carbons (Fsp3) is 0.0385. The zero-order chi connectivity index (χ0) is 40.7. The van der Waals surface area contributed by atoms with E-state index < -0.39 is 16.1 Å². The van der Waals surface area contributed by atoms with Crippen molar-refractivity contribution in [2.24, 2.45) is 0 Å². The number of benzene rings is 6. The molecule has 0 spiro atoms. The van der Waals surface area contributed by atoms with E-state index in [0.29, 0.717) is 28.9 Å². The standard InChI is InChI=1S/C52H33N5O2Si2.2Pt/c1-60(50-16-7-9-26-53-50)46-14-5-3-12-40(46)42-24-20-36(32-48(42)60)58-34-18-22-38-39-23-19-35(31-45(39)57(44(38)30-34)52-55-28-11-29-56-52)59-37-21-25-43-41-13-4-6-15-47(41)61(2,49(43)33-37)51-17-8-10-27-54-51;;/h3-29H,1-2H3;;/q-4;2*+2. The molecule has 12 rings (SSSR count). The molecule has 2 aliphatic heterocycles. The molecule has 2 unspecified atom stereocenters. The Hall–Kier alpha value is -6.09. The molecular formula is C52H33N5O2Pt2Si2. The van der Waals surface area contributed by atoms with Crippen molar-refractivity contribution in [3.05, 3.63) is 189 Å². The largest absolute Gasteiger partial charge is 2.00 e. The van der Waals surface area contributed by atoms with E-state index in [1.807, 2.05) is 59.4 Å². The summed E-state index contributed by atoms with van der Waals surface area (Å²) in [6.07, 6.45) is 7.24. The van der Waals surface area contributed by atoms with Gasteiger partial charge in [-0.25, -0.2) is 9.97 Å². The van der Waals surface area contributed by atoms with Crippen LogP contribution in [0.4, 0.5) is 0 Å². The minimum absolute atomic E-state index is 0. The minimum Gasteiger partial charge on any atom is -0.509 e. The summed E-state index contributed by atoms with van der Waals surface area (Å²) < 4.78 is 15.2. The quantitative estimate of drug-likeness (QED) is 0.123. The van der Waals surface area contributed by atoms with Crippen molar-refractivity contribution in [3.63, 3.8) is 0 Å². The Morgan fingerprint density at radius 1 is 0.413 bits per heavy atom. The van der Waals surface area contributed by atoms with Crippen molar-refractivity contribution in [1.82, 2.24) is 24.5 Å². The van der Waals surface area contributed by atoms with Crippen LogP contribution in [0.2, 0.25) is 13.1 Å². The summed E-state index contributed by atoms with van der Waals surface area (Å²) in [5.74, 6) is 2.82. The van der Waals surface area contributed by atoms with Crippen molar-refractivity contribution in [1.29, 1.82) is 0 Å². The Kier molecular flexibility index (Phi) is 10.3. The second-order valence-electron chi connectivity index (χ2n) is 15.8. The van der Waals surface area contributed by atoms with E-state index in [2.05, 4.69) is 144 Å². The normalized spacial score (nSPS) is 16.6. The molecule has 306 valence electrons. The van der Waals surface area contributed by atoms with Crippen molar-refractivity contribution in [2.45, 2.75) is 13.1 Å². The number of fused-ring (bicyclic) bond motifs is 9. The van der Waals surface area contributed by atoms with Crippen LogP contribution in [-0.2, 0) is 42.1 Å². The predicted octanol–water partition coefficient (Wildman–Crippen LogP) is 7.30. The summed E-state index contributed by atoms with van der Waals surface area (Å²) >= 11 is 0. The maximum atomic E-state index is 6.63. The number of ether oxygens (including phenoxy) is 2. The summed E-state index contributed by atoms with van der Waals surface area (Å²) in [5, 5.41) is 9.10. The van der Waals surface area contributed by atoms with Crippen LogP contribution in [0.5, 0.6) is 23.0 Å². The molecule has 0 N–H and O–H groups in total. The Balaban J connectivity index is 0.00000236. The number of hydrogen-bond donors (Lipinski definition) is 0. The monoisotopic (exact) mass is 1210 g/mol. The molecule has 0 radical (unpaired) electrons. The van der Waals surface area contributed by atoms with Gasteiger partial charge in [-0.2, -0.15) is 45.4 Å². The van der Waals surface area contributed by atoms with Crippen LogP contribution >= 0.6 is 0 Å². The zero-order valence-electron chi connectivity index (χ0n) is 33.8. The summed E-state index contributed by atoms with van der Waals surface area (Å²) in [6, 6.07) is 62.4. The minimum atomic E-state index is -2.44. The van der Waals surface area contributed by atoms with Crippen LogP contribution in [0.25, 0.3) is 50.0 Å². The summed E-state index contributed by atoms with van der Waals surface area (Å²) in [5.41, 5.74) is 6.36. The Morgan fingerprint density at radius 2 is 0.825 bits per heavy atom. The first-order valence-electron chi connectivity index (χ1n) is 20.2. The smallest absolute Gasteiger partial charge is 0.509 e. The third-order valence-corrected chi connectivity index (χ3v) is 20.9. The number of nitrogens with zero attached hydrogens (tertiary/aromatic N) is 5. The number of pyridine rings is 2. The average Bonchev–Trinajstić information content (AvgIpc) is 3.88. The molecule has 0 bridgehead atoms. The van der Waals surface area contributed by atoms with Gasteiger partial charge < -0.3 is 14.0 Å². The molecule has 0 aliphatic carbocycles. The Bertz CT molecular complexity index is 3170. The maximum Gasteiger partial charge on any atom is 2.00 e. The molecule has 6 aromatic carbocycles. The Morgan fingerprint density at radius 3 is 1.29 bits per heavy atom. The van der Waals surface area contributed by atoms with Crippen LogP contribution in [0.1, 0.15) is 0 Å². The second-order valence-corrected chi connectivity index (χ2v) is 23.4. The molecule has 0 amide bonds. The van der Waals surface area contributed by atoms with Crippen molar-refractivity contribution >= 4 is 69.3 Å². The zero-order valence-corrected chi connectivity index (χ0v) is 40.3. The van der Waals surface area contributed by atoms with E-state index in [-0.39, 0.29) is 42.1 Å². The molecule has 11 heteroatoms. The summed E-state index contributed by atoms with van der Waals surface area (Å²) in [4.78, 5) is 19.1. The molecule has 4 aromatic heterocycles. The molecule has 0 fully saturated rings. The van der Waals surface area contributed by atoms with Crippen molar-refractivity contribution < 1.29 is 51.6 Å². The molecule has 63 heavy (non-hydrogen) atoms. The van der Waals surface area contributed by atoms with Gasteiger partial charge in [0.05, 0.1) is 0 Å². The third kappa shape index (κ3) is 6.35. The fourth-order valence-corrected chi connectivity index (χ4v) is 17.3. The van der Waals surface area contributed by atoms with Crippen molar-refractivity contribution in [3.8, 4) is 51.2 Å². The third-order valence-electron chi connectivity index (χ3n) is 12.4. The van der Waals surface area contributed by atoms with Crippen LogP contribution in [-0.4, -0.2) is 40.7 Å². The van der Waals surface area contributed by atoms with E-state index in [1.165, 1.54) is 32.6 Å². The van der Waals surface area contributed by atoms with Crippen LogP contribution in [0.15, 0.2) is 164 Å². The van der Waals surface area contributed by atoms with Gasteiger partial charge in [0.15, 0.2) is 0 Å². The first-order valence-corrected chi connectivity index (χ1v) is 25.2. The van der Waals surface area contributed by atoms with E-state index in [0.717, 1.165) is 42.8 Å². The van der Waals surface area contributed by atoms with E-state index >= 15 is 0 Å². The van der Waals surface area contributed by atoms with E-state index in [9.17, 15) is 0 Å². The van der Waals surface area contributed by atoms with Crippen molar-refractivity contribution in [2.75, 3.05) is 0 Å². The molecule has 10 aromatic rings. The SMILES string of the molecule is C[Si]1(c2ccccn2)c2[c-]c(Oc3[c-]c4c(cc3)c3ccc(Oc5[c-]c6c(cc5)-c5ccccc5[Si]6(C)c5ccccn5)[c-]c3n4-c3ncccn3)ccc2-c2ccccc21.[Pt+2].[Pt+2]. The fourth-order valence-electron chi connectivity index (χ4n) is 9.52. The molecule has 0 saturated heterocycles. The van der Waals surface area contributed by atoms with Gasteiger partial charge in [-0.15, -0.1) is 59.7 Å². The predicted molar refractivity (Wildman–Crippen MR) is 245 cm³/mol. The van der Waals surface area contributed by atoms with Gasteiger partial charge in [-0.05, 0) is 30.3 Å². The van der Waals surface area contributed by atoms with E-state index in [4.69, 9.17) is 19.4 Å². The van der Waals surface area contributed by atoms with Gasteiger partial charge in [0.2, 0.25) is 5.95 Å². The van der Waals surface area contributed by atoms with E-state index in [1.54, 1.807) is 12.4 Å². The van der Waals surface area contributed by atoms with Gasteiger partial charge in [0.25, 0.3) is 0 Å². The molecular weight excluding hydrogens is 1170 g/mol. The molecule has 2 atom stereocenters. The molecule has 2 aliphatic rings. The number of rotatable bonds is 7.